The third-order valence-electron chi connectivity index (χ3n) is 2.30. The van der Waals surface area contributed by atoms with Crippen molar-refractivity contribution in [3.05, 3.63) is 55.2 Å². The topological polar surface area (TPSA) is 72.4 Å². The molecular weight excluding hydrogens is 370 g/mol. The Bertz CT molecular complexity index is 659. The van der Waals surface area contributed by atoms with Gasteiger partial charge in [-0.2, -0.15) is 0 Å². The molecule has 0 fully saturated rings. The lowest BCUT2D eigenvalue weighted by Gasteiger charge is -2.06. The van der Waals surface area contributed by atoms with E-state index in [1.54, 1.807) is 12.3 Å². The smallest absolute Gasteiger partial charge is 0.339 e. The second-order valence-corrected chi connectivity index (χ2v) is 5.27. The molecule has 0 bridgehead atoms. The monoisotopic (exact) mass is 375 g/mol. The van der Waals surface area contributed by atoms with Crippen molar-refractivity contribution in [3.63, 3.8) is 0 Å². The van der Waals surface area contributed by atoms with Crippen molar-refractivity contribution in [2.24, 2.45) is 0 Å². The molecule has 0 unspecified atom stereocenters. The first-order valence-electron chi connectivity index (χ1n) is 4.84. The van der Waals surface area contributed by atoms with Crippen LogP contribution in [0.15, 0.2) is 42.7 Å². The van der Waals surface area contributed by atoms with Crippen molar-refractivity contribution in [1.82, 2.24) is 4.57 Å². The molecule has 0 aliphatic heterocycles. The van der Waals surface area contributed by atoms with Crippen molar-refractivity contribution in [2.75, 3.05) is 0 Å². The fourth-order valence-electron chi connectivity index (χ4n) is 1.49. The molecule has 1 N–H and O–H groups in total. The van der Waals surface area contributed by atoms with Gasteiger partial charge in [-0.3, -0.25) is 4.79 Å². The van der Waals surface area contributed by atoms with E-state index in [1.165, 1.54) is 16.9 Å². The number of aromatic nitrogens is 1. The van der Waals surface area contributed by atoms with E-state index >= 15 is 0 Å². The van der Waals surface area contributed by atoms with Crippen molar-refractivity contribution in [3.8, 4) is 0 Å². The van der Waals surface area contributed by atoms with Gasteiger partial charge in [0.05, 0.1) is 17.3 Å². The Morgan fingerprint density at radius 1 is 1.44 bits per heavy atom. The molecule has 0 atom stereocenters. The highest BCUT2D eigenvalue weighted by atomic mass is 79.9. The molecule has 0 aliphatic carbocycles. The van der Waals surface area contributed by atoms with Crippen LogP contribution in [0, 0.1) is 0 Å². The number of carboxylic acids is 1. The number of nitrogens with zero attached hydrogens (tertiary/aromatic N) is 1. The zero-order valence-electron chi connectivity index (χ0n) is 8.89. The number of hydrogen-bond donors (Lipinski definition) is 1. The fourth-order valence-corrected chi connectivity index (χ4v) is 2.75. The Hall–Kier alpha value is -1.34. The van der Waals surface area contributed by atoms with E-state index in [0.29, 0.717) is 8.95 Å². The molecule has 0 saturated carbocycles. The third kappa shape index (κ3) is 2.56. The number of aromatic carboxylic acids is 1. The summed E-state index contributed by atoms with van der Waals surface area (Å²) < 4.78 is 7.55. The number of pyridine rings is 1. The van der Waals surface area contributed by atoms with Crippen molar-refractivity contribution < 1.29 is 14.3 Å². The van der Waals surface area contributed by atoms with Crippen LogP contribution < -0.4 is 5.56 Å². The van der Waals surface area contributed by atoms with Gasteiger partial charge in [-0.15, -0.1) is 0 Å². The van der Waals surface area contributed by atoms with E-state index in [0.717, 1.165) is 0 Å². The molecule has 2 aromatic heterocycles. The molecule has 0 saturated heterocycles. The van der Waals surface area contributed by atoms with Crippen LogP contribution in [0.25, 0.3) is 0 Å². The predicted molar refractivity (Wildman–Crippen MR) is 70.9 cm³/mol. The molecule has 0 radical (unpaired) electrons. The number of carboxylic acid groups (broad SMARTS) is 1. The van der Waals surface area contributed by atoms with Gasteiger partial charge >= 0.3 is 5.97 Å². The Morgan fingerprint density at radius 3 is 2.83 bits per heavy atom. The standard InChI is InChI=1S/C11H7Br2NO4/c12-6-3-8(13)10(15)14(4-6)5-9-7(11(16)17)1-2-18-9/h1-4H,5H2,(H,16,17). The van der Waals surface area contributed by atoms with E-state index in [2.05, 4.69) is 31.9 Å². The second kappa shape index (κ2) is 5.11. The molecule has 0 spiro atoms. The minimum Gasteiger partial charge on any atom is -0.478 e. The SMILES string of the molecule is O=C(O)c1ccoc1Cn1cc(Br)cc(Br)c1=O. The molecule has 0 amide bonds. The largest absolute Gasteiger partial charge is 0.478 e. The summed E-state index contributed by atoms with van der Waals surface area (Å²) in [6, 6.07) is 2.98. The minimum absolute atomic E-state index is 0.0537. The van der Waals surface area contributed by atoms with Crippen LogP contribution in [0.2, 0.25) is 0 Å². The zero-order chi connectivity index (χ0) is 13.3. The highest BCUT2D eigenvalue weighted by Crippen LogP contribution is 2.16. The van der Waals surface area contributed by atoms with Crippen LogP contribution in [0.4, 0.5) is 0 Å². The zero-order valence-corrected chi connectivity index (χ0v) is 12.1. The summed E-state index contributed by atoms with van der Waals surface area (Å²) in [5.41, 5.74) is -0.205. The molecule has 0 aromatic carbocycles. The predicted octanol–water partition coefficient (Wildman–Crippen LogP) is 2.71. The maximum atomic E-state index is 11.8. The first-order valence-corrected chi connectivity index (χ1v) is 6.43. The number of furan rings is 1. The van der Waals surface area contributed by atoms with Gasteiger partial charge in [-0.05, 0) is 44.0 Å². The van der Waals surface area contributed by atoms with E-state index in [-0.39, 0.29) is 23.4 Å². The van der Waals surface area contributed by atoms with Gasteiger partial charge in [0.25, 0.3) is 5.56 Å². The van der Waals surface area contributed by atoms with Crippen LogP contribution in [0.1, 0.15) is 16.1 Å². The lowest BCUT2D eigenvalue weighted by Crippen LogP contribution is -2.21. The Balaban J connectivity index is 2.43. The van der Waals surface area contributed by atoms with Crippen LogP contribution >= 0.6 is 31.9 Å². The highest BCUT2D eigenvalue weighted by molar-refractivity contribution is 9.11. The summed E-state index contributed by atoms with van der Waals surface area (Å²) in [4.78, 5) is 22.8. The summed E-state index contributed by atoms with van der Waals surface area (Å²) in [6.07, 6.45) is 2.86. The normalized spacial score (nSPS) is 10.6. The maximum Gasteiger partial charge on any atom is 0.339 e. The maximum absolute atomic E-state index is 11.8. The first kappa shape index (κ1) is 13.1. The molecular formula is C11H7Br2NO4. The lowest BCUT2D eigenvalue weighted by atomic mass is 10.2. The van der Waals surface area contributed by atoms with Crippen molar-refractivity contribution in [2.45, 2.75) is 6.54 Å². The van der Waals surface area contributed by atoms with Gasteiger partial charge in [0.15, 0.2) is 0 Å². The summed E-state index contributed by atoms with van der Waals surface area (Å²) in [6.45, 7) is 0.0610. The summed E-state index contributed by atoms with van der Waals surface area (Å²) in [5.74, 6) is -0.851. The molecule has 2 rings (SSSR count). The molecule has 0 aliphatic rings. The Morgan fingerprint density at radius 2 is 2.17 bits per heavy atom. The van der Waals surface area contributed by atoms with Gasteiger partial charge in [-0.25, -0.2) is 4.79 Å². The van der Waals surface area contributed by atoms with Gasteiger partial charge < -0.3 is 14.1 Å². The highest BCUT2D eigenvalue weighted by Gasteiger charge is 2.14. The summed E-state index contributed by atoms with van der Waals surface area (Å²) >= 11 is 6.40. The molecule has 94 valence electrons. The quantitative estimate of drug-likeness (QED) is 0.893. The van der Waals surface area contributed by atoms with E-state index < -0.39 is 5.97 Å². The summed E-state index contributed by atoms with van der Waals surface area (Å²) in [7, 11) is 0. The number of rotatable bonds is 3. The van der Waals surface area contributed by atoms with Gasteiger partial charge in [0, 0.05) is 10.7 Å². The van der Waals surface area contributed by atoms with Gasteiger partial charge in [0.2, 0.25) is 0 Å². The van der Waals surface area contributed by atoms with Crippen LogP contribution in [-0.2, 0) is 6.54 Å². The van der Waals surface area contributed by atoms with Crippen LogP contribution in [0.5, 0.6) is 0 Å². The Labute approximate surface area is 118 Å². The van der Waals surface area contributed by atoms with E-state index in [9.17, 15) is 9.59 Å². The van der Waals surface area contributed by atoms with Gasteiger partial charge in [-0.1, -0.05) is 0 Å². The third-order valence-corrected chi connectivity index (χ3v) is 3.30. The molecule has 18 heavy (non-hydrogen) atoms. The fraction of sp³-hybridized carbons (Fsp3) is 0.0909. The Kier molecular flexibility index (Phi) is 3.72. The average molecular weight is 377 g/mol. The van der Waals surface area contributed by atoms with Gasteiger partial charge in [0.1, 0.15) is 11.3 Å². The second-order valence-electron chi connectivity index (χ2n) is 3.50. The van der Waals surface area contributed by atoms with Crippen LogP contribution in [0.3, 0.4) is 0 Å². The average Bonchev–Trinajstić information content (AvgIpc) is 2.73. The molecule has 2 heterocycles. The number of hydrogen-bond acceptors (Lipinski definition) is 3. The number of halogens is 2. The minimum atomic E-state index is -1.08. The first-order chi connectivity index (χ1) is 8.49. The summed E-state index contributed by atoms with van der Waals surface area (Å²) in [5, 5.41) is 8.95. The molecule has 5 nitrogen and oxygen atoms in total. The van der Waals surface area contributed by atoms with Crippen molar-refractivity contribution in [1.29, 1.82) is 0 Å². The van der Waals surface area contributed by atoms with E-state index in [1.807, 2.05) is 0 Å². The molecule has 2 aromatic rings. The number of carbonyl (C=O) groups is 1. The molecule has 7 heteroatoms. The van der Waals surface area contributed by atoms with Crippen LogP contribution in [-0.4, -0.2) is 15.6 Å². The van der Waals surface area contributed by atoms with E-state index in [4.69, 9.17) is 9.52 Å². The lowest BCUT2D eigenvalue weighted by molar-refractivity contribution is 0.0694. The van der Waals surface area contributed by atoms with Crippen molar-refractivity contribution >= 4 is 37.8 Å².